The number of hydrogen-bond acceptors (Lipinski definition) is 2. The van der Waals surface area contributed by atoms with Gasteiger partial charge in [0.05, 0.1) is 17.0 Å². The third-order valence-electron chi connectivity index (χ3n) is 5.86. The number of imidazole rings is 1. The van der Waals surface area contributed by atoms with E-state index in [4.69, 9.17) is 0 Å². The van der Waals surface area contributed by atoms with Gasteiger partial charge in [0.15, 0.2) is 0 Å². The number of benzene rings is 3. The Balaban J connectivity index is 1.52. The van der Waals surface area contributed by atoms with Gasteiger partial charge in [-0.3, -0.25) is 4.79 Å². The van der Waals surface area contributed by atoms with E-state index < -0.39 is 0 Å². The number of aromatic amines is 1. The highest BCUT2D eigenvalue weighted by atomic mass is 16.2. The molecule has 0 aliphatic carbocycles. The summed E-state index contributed by atoms with van der Waals surface area (Å²) in [5, 5.41) is 0. The number of aromatic nitrogens is 2. The molecule has 0 aliphatic rings. The number of nitrogens with one attached hydrogen (secondary N) is 1. The zero-order chi connectivity index (χ0) is 21.6. The Morgan fingerprint density at radius 2 is 1.68 bits per heavy atom. The molecule has 0 fully saturated rings. The van der Waals surface area contributed by atoms with Gasteiger partial charge in [0.2, 0.25) is 5.91 Å². The van der Waals surface area contributed by atoms with Crippen molar-refractivity contribution in [2.45, 2.75) is 39.2 Å². The fourth-order valence-corrected chi connectivity index (χ4v) is 3.95. The van der Waals surface area contributed by atoms with Gasteiger partial charge in [0.1, 0.15) is 5.82 Å². The number of carbonyl (C=O) groups excluding carboxylic acids is 1. The SMILES string of the molecule is Cc1ccccc1CN(CCCc1ccccc1)C(=O)[C@H](C)c1nc2ccccc2[nH]1. The molecule has 1 amide bonds. The number of aryl methyl sites for hydroxylation is 2. The predicted molar refractivity (Wildman–Crippen MR) is 126 cm³/mol. The summed E-state index contributed by atoms with van der Waals surface area (Å²) in [6.07, 6.45) is 1.88. The lowest BCUT2D eigenvalue weighted by Crippen LogP contribution is -2.35. The number of amides is 1. The van der Waals surface area contributed by atoms with Gasteiger partial charge in [0.25, 0.3) is 0 Å². The van der Waals surface area contributed by atoms with Crippen molar-refractivity contribution in [1.29, 1.82) is 0 Å². The number of nitrogens with zero attached hydrogens (tertiary/aromatic N) is 2. The lowest BCUT2D eigenvalue weighted by Gasteiger charge is -2.26. The average Bonchev–Trinajstić information content (AvgIpc) is 3.24. The Kier molecular flexibility index (Phi) is 6.46. The van der Waals surface area contributed by atoms with E-state index in [9.17, 15) is 4.79 Å². The number of rotatable bonds is 8. The summed E-state index contributed by atoms with van der Waals surface area (Å²) in [5.74, 6) is 0.507. The predicted octanol–water partition coefficient (Wildman–Crippen LogP) is 5.64. The van der Waals surface area contributed by atoms with E-state index in [0.717, 1.165) is 29.7 Å². The van der Waals surface area contributed by atoms with Crippen LogP contribution >= 0.6 is 0 Å². The van der Waals surface area contributed by atoms with Crippen LogP contribution < -0.4 is 0 Å². The van der Waals surface area contributed by atoms with Crippen molar-refractivity contribution < 1.29 is 4.79 Å². The molecule has 0 unspecified atom stereocenters. The van der Waals surface area contributed by atoms with Gasteiger partial charge in [-0.05, 0) is 55.5 Å². The van der Waals surface area contributed by atoms with Crippen molar-refractivity contribution >= 4 is 16.9 Å². The van der Waals surface area contributed by atoms with Crippen molar-refractivity contribution in [3.63, 3.8) is 0 Å². The number of fused-ring (bicyclic) bond motifs is 1. The summed E-state index contributed by atoms with van der Waals surface area (Å²) < 4.78 is 0. The van der Waals surface area contributed by atoms with Gasteiger partial charge in [-0.15, -0.1) is 0 Å². The van der Waals surface area contributed by atoms with Crippen LogP contribution in [0.4, 0.5) is 0 Å². The van der Waals surface area contributed by atoms with Gasteiger partial charge < -0.3 is 9.88 Å². The molecule has 4 nitrogen and oxygen atoms in total. The van der Waals surface area contributed by atoms with Crippen molar-refractivity contribution in [2.75, 3.05) is 6.54 Å². The summed E-state index contributed by atoms with van der Waals surface area (Å²) >= 11 is 0. The Bertz CT molecular complexity index is 1120. The summed E-state index contributed by atoms with van der Waals surface area (Å²) in [7, 11) is 0. The van der Waals surface area contributed by atoms with Gasteiger partial charge in [-0.25, -0.2) is 4.98 Å². The first-order valence-electron chi connectivity index (χ1n) is 10.9. The Labute approximate surface area is 183 Å². The number of para-hydroxylation sites is 2. The molecular weight excluding hydrogens is 382 g/mol. The largest absolute Gasteiger partial charge is 0.341 e. The molecule has 0 aliphatic heterocycles. The Hall–Kier alpha value is -3.40. The number of carbonyl (C=O) groups is 1. The highest BCUT2D eigenvalue weighted by Crippen LogP contribution is 2.21. The molecule has 3 aromatic carbocycles. The molecule has 1 atom stereocenters. The molecule has 4 aromatic rings. The zero-order valence-corrected chi connectivity index (χ0v) is 18.2. The molecule has 0 saturated carbocycles. The lowest BCUT2D eigenvalue weighted by atomic mass is 10.0. The van der Waals surface area contributed by atoms with Crippen LogP contribution in [-0.2, 0) is 17.8 Å². The van der Waals surface area contributed by atoms with E-state index in [2.05, 4.69) is 53.3 Å². The van der Waals surface area contributed by atoms with Crippen molar-refractivity contribution in [1.82, 2.24) is 14.9 Å². The quantitative estimate of drug-likeness (QED) is 0.408. The first-order chi connectivity index (χ1) is 15.1. The first-order valence-corrected chi connectivity index (χ1v) is 10.9. The summed E-state index contributed by atoms with van der Waals surface area (Å²) in [5.41, 5.74) is 5.56. The molecule has 0 spiro atoms. The second-order valence-corrected chi connectivity index (χ2v) is 8.14. The maximum absolute atomic E-state index is 13.5. The van der Waals surface area contributed by atoms with E-state index >= 15 is 0 Å². The maximum atomic E-state index is 13.5. The van der Waals surface area contributed by atoms with Crippen LogP contribution in [0.1, 0.15) is 41.8 Å². The van der Waals surface area contributed by atoms with Crippen LogP contribution in [0, 0.1) is 6.92 Å². The zero-order valence-electron chi connectivity index (χ0n) is 18.2. The monoisotopic (exact) mass is 411 g/mol. The third kappa shape index (κ3) is 5.02. The van der Waals surface area contributed by atoms with E-state index in [-0.39, 0.29) is 11.8 Å². The van der Waals surface area contributed by atoms with E-state index in [1.807, 2.05) is 54.3 Å². The van der Waals surface area contributed by atoms with Crippen LogP contribution in [0.25, 0.3) is 11.0 Å². The van der Waals surface area contributed by atoms with E-state index in [0.29, 0.717) is 13.1 Å². The molecule has 4 heteroatoms. The number of H-pyrrole nitrogens is 1. The van der Waals surface area contributed by atoms with Crippen LogP contribution in [-0.4, -0.2) is 27.3 Å². The smallest absolute Gasteiger partial charge is 0.233 e. The minimum Gasteiger partial charge on any atom is -0.341 e. The molecule has 1 aromatic heterocycles. The minimum atomic E-state index is -0.326. The van der Waals surface area contributed by atoms with Crippen LogP contribution in [0.15, 0.2) is 78.9 Å². The van der Waals surface area contributed by atoms with E-state index in [1.165, 1.54) is 16.7 Å². The lowest BCUT2D eigenvalue weighted by molar-refractivity contribution is -0.133. The normalized spacial score (nSPS) is 12.1. The van der Waals surface area contributed by atoms with Gasteiger partial charge in [-0.1, -0.05) is 66.7 Å². The molecule has 4 rings (SSSR count). The van der Waals surface area contributed by atoms with Crippen molar-refractivity contribution in [3.8, 4) is 0 Å². The highest BCUT2D eigenvalue weighted by molar-refractivity contribution is 5.84. The van der Waals surface area contributed by atoms with Crippen LogP contribution in [0.2, 0.25) is 0 Å². The fraction of sp³-hybridized carbons (Fsp3) is 0.259. The first kappa shape index (κ1) is 20.9. The Morgan fingerprint density at radius 3 is 2.45 bits per heavy atom. The van der Waals surface area contributed by atoms with Gasteiger partial charge >= 0.3 is 0 Å². The summed E-state index contributed by atoms with van der Waals surface area (Å²) in [4.78, 5) is 23.5. The van der Waals surface area contributed by atoms with E-state index in [1.54, 1.807) is 0 Å². The molecule has 0 radical (unpaired) electrons. The molecule has 0 bridgehead atoms. The molecular formula is C27H29N3O. The van der Waals surface area contributed by atoms with Crippen LogP contribution in [0.5, 0.6) is 0 Å². The Morgan fingerprint density at radius 1 is 0.968 bits per heavy atom. The second-order valence-electron chi connectivity index (χ2n) is 8.14. The molecule has 0 saturated heterocycles. The average molecular weight is 412 g/mol. The molecule has 1 heterocycles. The van der Waals surface area contributed by atoms with Gasteiger partial charge in [0, 0.05) is 13.1 Å². The maximum Gasteiger partial charge on any atom is 0.233 e. The third-order valence-corrected chi connectivity index (χ3v) is 5.86. The molecule has 31 heavy (non-hydrogen) atoms. The van der Waals surface area contributed by atoms with Gasteiger partial charge in [-0.2, -0.15) is 0 Å². The van der Waals surface area contributed by atoms with Crippen molar-refractivity contribution in [2.24, 2.45) is 0 Å². The summed E-state index contributed by atoms with van der Waals surface area (Å²) in [6.45, 7) is 5.38. The van der Waals surface area contributed by atoms with Crippen LogP contribution in [0.3, 0.4) is 0 Å². The molecule has 1 N–H and O–H groups in total. The second kappa shape index (κ2) is 9.61. The summed E-state index contributed by atoms with van der Waals surface area (Å²) in [6, 6.07) is 26.6. The van der Waals surface area contributed by atoms with Crippen molar-refractivity contribution in [3.05, 3.63) is 101 Å². The molecule has 158 valence electrons. The topological polar surface area (TPSA) is 49.0 Å². The fourth-order valence-electron chi connectivity index (χ4n) is 3.95. The standard InChI is InChI=1S/C27H29N3O/c1-20-11-6-7-15-23(20)19-30(18-10-14-22-12-4-3-5-13-22)27(31)21(2)26-28-24-16-8-9-17-25(24)29-26/h3-9,11-13,15-17,21H,10,14,18-19H2,1-2H3,(H,28,29)/t21-/m1/s1. The minimum absolute atomic E-state index is 0.107. The highest BCUT2D eigenvalue weighted by Gasteiger charge is 2.25. The number of hydrogen-bond donors (Lipinski definition) is 1.